The van der Waals surface area contributed by atoms with Crippen LogP contribution in [0.5, 0.6) is 0 Å². The quantitative estimate of drug-likeness (QED) is 0.852. The van der Waals surface area contributed by atoms with Crippen LogP contribution in [-0.2, 0) is 0 Å². The highest BCUT2D eigenvalue weighted by molar-refractivity contribution is 9.10. The van der Waals surface area contributed by atoms with Crippen molar-refractivity contribution < 1.29 is 0 Å². The van der Waals surface area contributed by atoms with Gasteiger partial charge < -0.3 is 10.6 Å². The average Bonchev–Trinajstić information content (AvgIpc) is 2.93. The Morgan fingerprint density at radius 1 is 1.32 bits per heavy atom. The molecule has 0 bridgehead atoms. The van der Waals surface area contributed by atoms with Crippen molar-refractivity contribution in [2.24, 2.45) is 0 Å². The van der Waals surface area contributed by atoms with Crippen LogP contribution in [0.4, 0.5) is 11.4 Å². The van der Waals surface area contributed by atoms with Crippen molar-refractivity contribution in [1.82, 2.24) is 4.98 Å². The molecular formula is C15H18BrN3. The molecule has 1 fully saturated rings. The van der Waals surface area contributed by atoms with Gasteiger partial charge in [0.05, 0.1) is 11.2 Å². The minimum atomic E-state index is 0.636. The molecule has 1 heterocycles. The zero-order chi connectivity index (χ0) is 13.4. The first kappa shape index (κ1) is 12.7. The molecule has 0 atom stereocenters. The lowest BCUT2D eigenvalue weighted by Crippen LogP contribution is -2.29. The summed E-state index contributed by atoms with van der Waals surface area (Å²) in [5.74, 6) is 0. The van der Waals surface area contributed by atoms with E-state index in [0.29, 0.717) is 6.04 Å². The minimum absolute atomic E-state index is 0.636. The van der Waals surface area contributed by atoms with Crippen LogP contribution in [0, 0.1) is 0 Å². The van der Waals surface area contributed by atoms with Gasteiger partial charge in [0.25, 0.3) is 0 Å². The lowest BCUT2D eigenvalue weighted by molar-refractivity contribution is 0.654. The van der Waals surface area contributed by atoms with E-state index >= 15 is 0 Å². The van der Waals surface area contributed by atoms with E-state index in [2.05, 4.69) is 38.9 Å². The van der Waals surface area contributed by atoms with Crippen LogP contribution in [0.2, 0.25) is 0 Å². The fraction of sp³-hybridized carbons (Fsp3) is 0.400. The molecule has 100 valence electrons. The smallest absolute Gasteiger partial charge is 0.0956 e. The summed E-state index contributed by atoms with van der Waals surface area (Å²) in [6, 6.07) is 6.76. The molecule has 0 amide bonds. The Kier molecular flexibility index (Phi) is 3.35. The van der Waals surface area contributed by atoms with Crippen molar-refractivity contribution in [3.8, 4) is 0 Å². The Morgan fingerprint density at radius 2 is 2.05 bits per heavy atom. The van der Waals surface area contributed by atoms with Crippen molar-refractivity contribution in [3.63, 3.8) is 0 Å². The second-order valence-electron chi connectivity index (χ2n) is 5.27. The maximum atomic E-state index is 6.07. The molecule has 0 radical (unpaired) electrons. The Morgan fingerprint density at radius 3 is 2.79 bits per heavy atom. The van der Waals surface area contributed by atoms with Crippen LogP contribution in [0.15, 0.2) is 28.9 Å². The molecule has 3 nitrogen and oxygen atoms in total. The van der Waals surface area contributed by atoms with Crippen LogP contribution in [0.3, 0.4) is 0 Å². The summed E-state index contributed by atoms with van der Waals surface area (Å²) in [7, 11) is 2.17. The van der Waals surface area contributed by atoms with Gasteiger partial charge in [-0.2, -0.15) is 0 Å². The van der Waals surface area contributed by atoms with Crippen LogP contribution in [0.25, 0.3) is 10.9 Å². The number of halogens is 1. The Balaban J connectivity index is 2.10. The number of nitrogens with zero attached hydrogens (tertiary/aromatic N) is 2. The Labute approximate surface area is 121 Å². The summed E-state index contributed by atoms with van der Waals surface area (Å²) < 4.78 is 0.965. The number of rotatable bonds is 2. The van der Waals surface area contributed by atoms with Gasteiger partial charge in [0, 0.05) is 34.8 Å². The van der Waals surface area contributed by atoms with Crippen molar-refractivity contribution in [2.75, 3.05) is 17.7 Å². The van der Waals surface area contributed by atoms with Gasteiger partial charge in [0.15, 0.2) is 0 Å². The largest absolute Gasteiger partial charge is 0.398 e. The van der Waals surface area contributed by atoms with Crippen LogP contribution in [0.1, 0.15) is 25.7 Å². The normalized spacial score (nSPS) is 16.1. The number of pyridine rings is 1. The molecule has 0 saturated heterocycles. The van der Waals surface area contributed by atoms with E-state index in [0.717, 1.165) is 21.1 Å². The molecule has 4 heteroatoms. The van der Waals surface area contributed by atoms with Crippen molar-refractivity contribution in [1.29, 1.82) is 0 Å². The van der Waals surface area contributed by atoms with Crippen LogP contribution >= 0.6 is 15.9 Å². The number of fused-ring (bicyclic) bond motifs is 1. The first-order valence-corrected chi connectivity index (χ1v) is 7.52. The van der Waals surface area contributed by atoms with Gasteiger partial charge in [0.2, 0.25) is 0 Å². The van der Waals surface area contributed by atoms with E-state index in [4.69, 9.17) is 5.73 Å². The number of hydrogen-bond donors (Lipinski definition) is 1. The van der Waals surface area contributed by atoms with Gasteiger partial charge in [-0.15, -0.1) is 0 Å². The number of hydrogen-bond acceptors (Lipinski definition) is 3. The molecule has 2 aromatic rings. The van der Waals surface area contributed by atoms with E-state index < -0.39 is 0 Å². The third-order valence-electron chi connectivity index (χ3n) is 4.08. The third-order valence-corrected chi connectivity index (χ3v) is 4.51. The maximum absolute atomic E-state index is 6.07. The van der Waals surface area contributed by atoms with Gasteiger partial charge in [-0.25, -0.2) is 0 Å². The van der Waals surface area contributed by atoms with Crippen molar-refractivity contribution >= 4 is 38.2 Å². The molecule has 1 saturated carbocycles. The molecule has 0 unspecified atom stereocenters. The number of benzene rings is 1. The molecule has 0 aliphatic heterocycles. The Hall–Kier alpha value is -1.29. The van der Waals surface area contributed by atoms with E-state index in [1.54, 1.807) is 0 Å². The lowest BCUT2D eigenvalue weighted by Gasteiger charge is -2.27. The molecule has 3 rings (SSSR count). The molecule has 0 spiro atoms. The second-order valence-corrected chi connectivity index (χ2v) is 6.19. The van der Waals surface area contributed by atoms with Gasteiger partial charge >= 0.3 is 0 Å². The Bertz CT molecular complexity index is 606. The van der Waals surface area contributed by atoms with Crippen LogP contribution < -0.4 is 10.6 Å². The number of aromatic nitrogens is 1. The SMILES string of the molecule is CN(c1ccc(N)c2cc(Br)cnc12)C1CCCC1. The average molecular weight is 320 g/mol. The van der Waals surface area contributed by atoms with Crippen LogP contribution in [-0.4, -0.2) is 18.1 Å². The summed E-state index contributed by atoms with van der Waals surface area (Å²) in [5.41, 5.74) is 9.03. The summed E-state index contributed by atoms with van der Waals surface area (Å²) in [6.45, 7) is 0. The molecular weight excluding hydrogens is 302 g/mol. The standard InChI is InChI=1S/C15H18BrN3/c1-19(11-4-2-3-5-11)14-7-6-13(17)12-8-10(16)9-18-15(12)14/h6-9,11H,2-5,17H2,1H3. The fourth-order valence-electron chi connectivity index (χ4n) is 2.97. The second kappa shape index (κ2) is 5.00. The lowest BCUT2D eigenvalue weighted by atomic mass is 10.1. The third kappa shape index (κ3) is 2.29. The topological polar surface area (TPSA) is 42.1 Å². The van der Waals surface area contributed by atoms with Gasteiger partial charge in [-0.1, -0.05) is 12.8 Å². The number of nitrogens with two attached hydrogens (primary N) is 1. The highest BCUT2D eigenvalue weighted by Crippen LogP contribution is 2.34. The summed E-state index contributed by atoms with van der Waals surface area (Å²) in [5, 5.41) is 1.02. The van der Waals surface area contributed by atoms with Gasteiger partial charge in [0.1, 0.15) is 0 Å². The zero-order valence-electron chi connectivity index (χ0n) is 11.1. The molecule has 1 aromatic carbocycles. The highest BCUT2D eigenvalue weighted by Gasteiger charge is 2.21. The molecule has 2 N–H and O–H groups in total. The fourth-order valence-corrected chi connectivity index (χ4v) is 3.31. The maximum Gasteiger partial charge on any atom is 0.0956 e. The predicted octanol–water partition coefficient (Wildman–Crippen LogP) is 3.96. The minimum Gasteiger partial charge on any atom is -0.398 e. The van der Waals surface area contributed by atoms with Crippen molar-refractivity contribution in [3.05, 3.63) is 28.9 Å². The van der Waals surface area contributed by atoms with Gasteiger partial charge in [-0.05, 0) is 47.0 Å². The van der Waals surface area contributed by atoms with E-state index in [-0.39, 0.29) is 0 Å². The first-order chi connectivity index (χ1) is 9.16. The summed E-state index contributed by atoms with van der Waals surface area (Å²) in [4.78, 5) is 6.94. The zero-order valence-corrected chi connectivity index (χ0v) is 12.7. The predicted molar refractivity (Wildman–Crippen MR) is 84.5 cm³/mol. The molecule has 1 aliphatic rings. The van der Waals surface area contributed by atoms with Gasteiger partial charge in [-0.3, -0.25) is 4.98 Å². The highest BCUT2D eigenvalue weighted by atomic mass is 79.9. The molecule has 19 heavy (non-hydrogen) atoms. The molecule has 1 aliphatic carbocycles. The first-order valence-electron chi connectivity index (χ1n) is 6.73. The summed E-state index contributed by atoms with van der Waals surface area (Å²) in [6.07, 6.45) is 7.06. The van der Waals surface area contributed by atoms with Crippen molar-refractivity contribution in [2.45, 2.75) is 31.7 Å². The number of nitrogen functional groups attached to an aromatic ring is 1. The molecule has 1 aromatic heterocycles. The van der Waals surface area contributed by atoms with E-state index in [9.17, 15) is 0 Å². The monoisotopic (exact) mass is 319 g/mol. The summed E-state index contributed by atoms with van der Waals surface area (Å²) >= 11 is 3.46. The van der Waals surface area contributed by atoms with E-state index in [1.807, 2.05) is 18.3 Å². The van der Waals surface area contributed by atoms with E-state index in [1.165, 1.54) is 31.4 Å². The number of anilines is 2.